The molecule has 1 fully saturated rings. The number of nitrogens with zero attached hydrogens (tertiary/aromatic N) is 4. The first-order valence-electron chi connectivity index (χ1n) is 7.32. The van der Waals surface area contributed by atoms with Crippen LogP contribution in [0.2, 0.25) is 0 Å². The fraction of sp³-hybridized carbons (Fsp3) is 0.600. The summed E-state index contributed by atoms with van der Waals surface area (Å²) in [5.74, 6) is -0.532. The van der Waals surface area contributed by atoms with Crippen LogP contribution in [0.25, 0.3) is 0 Å². The third-order valence-corrected chi connectivity index (χ3v) is 6.48. The second-order valence-electron chi connectivity index (χ2n) is 5.62. The average molecular weight is 507 g/mol. The van der Waals surface area contributed by atoms with Crippen molar-refractivity contribution in [1.82, 2.24) is 4.90 Å². The van der Waals surface area contributed by atoms with E-state index < -0.39 is 58.7 Å². The lowest BCUT2D eigenvalue weighted by Crippen LogP contribution is -2.49. The molecule has 6 atom stereocenters. The van der Waals surface area contributed by atoms with Crippen LogP contribution in [-0.2, 0) is 27.5 Å². The molecule has 0 radical (unpaired) electrons. The second-order valence-corrected chi connectivity index (χ2v) is 9.16. The Kier molecular flexibility index (Phi) is 6.02. The van der Waals surface area contributed by atoms with Gasteiger partial charge in [0.25, 0.3) is 5.91 Å². The van der Waals surface area contributed by atoms with E-state index >= 15 is 0 Å². The molecule has 0 bridgehead atoms. The van der Waals surface area contributed by atoms with Crippen LogP contribution in [0.15, 0.2) is 15.0 Å². The molecule has 0 aromatic rings. The number of ether oxygens (including phenoxy) is 1. The zero-order chi connectivity index (χ0) is 20.9. The number of aliphatic hydroxyl groups excluding tert-OH is 2. The summed E-state index contributed by atoms with van der Waals surface area (Å²) in [4.78, 5) is 50.8. The van der Waals surface area contributed by atoms with Gasteiger partial charge in [0.05, 0.1) is 6.61 Å². The Morgan fingerprint density at radius 2 is 1.93 bits per heavy atom. The monoisotopic (exact) mass is 506 g/mol. The molecule has 3 aliphatic rings. The highest BCUT2D eigenvalue weighted by Crippen LogP contribution is 2.57. The highest BCUT2D eigenvalue weighted by Gasteiger charge is 2.52. The van der Waals surface area contributed by atoms with Crippen molar-refractivity contribution in [2.45, 2.75) is 30.6 Å². The molecule has 18 heteroatoms. The van der Waals surface area contributed by atoms with Gasteiger partial charge in [-0.2, -0.15) is 9.30 Å². The maximum atomic E-state index is 11.8. The van der Waals surface area contributed by atoms with Gasteiger partial charge >= 0.3 is 15.6 Å². The van der Waals surface area contributed by atoms with Crippen LogP contribution in [0.3, 0.4) is 0 Å². The van der Waals surface area contributed by atoms with Gasteiger partial charge in [-0.15, -0.1) is 0 Å². The molecule has 6 unspecified atom stereocenters. The summed E-state index contributed by atoms with van der Waals surface area (Å²) in [6, 6.07) is -1.06. The molecule has 0 aromatic carbocycles. The zero-order valence-corrected chi connectivity index (χ0v) is 16.8. The Labute approximate surface area is 164 Å². The highest BCUT2D eigenvalue weighted by atomic mass is 79.9. The van der Waals surface area contributed by atoms with Crippen LogP contribution in [-0.4, -0.2) is 89.8 Å². The number of fused-ring (bicyclic) bond motifs is 1. The van der Waals surface area contributed by atoms with Gasteiger partial charge in [-0.1, -0.05) is 0 Å². The van der Waals surface area contributed by atoms with E-state index in [1.165, 1.54) is 4.90 Å². The van der Waals surface area contributed by atoms with E-state index in [2.05, 4.69) is 39.7 Å². The van der Waals surface area contributed by atoms with Gasteiger partial charge in [0.15, 0.2) is 17.0 Å². The van der Waals surface area contributed by atoms with Crippen molar-refractivity contribution in [2.75, 3.05) is 6.61 Å². The number of carbonyl (C=O) groups is 1. The molecule has 5 N–H and O–H groups in total. The Balaban J connectivity index is 1.71. The standard InChI is InChI=1S/C10H13BrN4O11P2/c11-10-14-4-7(12-2-13-8(4)18)15(10)9-6(17)5(16)3(25-9)1-24-28(22,23)26-27(19,20)21/h2-6,9,16-17H,1H2,(H,22,23)(H2,19,20,21). The lowest BCUT2D eigenvalue weighted by atomic mass is 10.1. The third-order valence-electron chi connectivity index (χ3n) is 3.74. The van der Waals surface area contributed by atoms with Gasteiger partial charge < -0.3 is 29.6 Å². The van der Waals surface area contributed by atoms with Crippen molar-refractivity contribution in [1.29, 1.82) is 0 Å². The van der Waals surface area contributed by atoms with Crippen molar-refractivity contribution in [3.05, 3.63) is 0 Å². The molecule has 3 aliphatic heterocycles. The molecule has 1 saturated heterocycles. The van der Waals surface area contributed by atoms with Crippen LogP contribution >= 0.6 is 31.6 Å². The Morgan fingerprint density at radius 3 is 2.57 bits per heavy atom. The number of aliphatic hydroxyl groups is 2. The largest absolute Gasteiger partial charge is 0.481 e. The van der Waals surface area contributed by atoms with Crippen LogP contribution in [0.4, 0.5) is 0 Å². The first kappa shape index (κ1) is 21.8. The van der Waals surface area contributed by atoms with Crippen LogP contribution in [0.1, 0.15) is 0 Å². The minimum atomic E-state index is -5.32. The normalized spacial score (nSPS) is 34.9. The number of amidine groups is 2. The summed E-state index contributed by atoms with van der Waals surface area (Å²) < 4.78 is 35.7. The van der Waals surface area contributed by atoms with Gasteiger partial charge in [-0.05, 0) is 15.9 Å². The van der Waals surface area contributed by atoms with Gasteiger partial charge in [-0.3, -0.25) is 14.2 Å². The smallest absolute Gasteiger partial charge is 0.387 e. The molecular weight excluding hydrogens is 494 g/mol. The van der Waals surface area contributed by atoms with Gasteiger partial charge in [-0.25, -0.2) is 19.1 Å². The number of phosphoric ester groups is 1. The molecule has 0 spiro atoms. The first-order chi connectivity index (χ1) is 12.9. The SMILES string of the molecule is O=C1N=CN=C2C1N=C(Br)N2C1OC(COP(=O)(O)OP(=O)(O)O)C(O)C1O. The Hall–Kier alpha value is -0.900. The lowest BCUT2D eigenvalue weighted by molar-refractivity contribution is -0.117. The minimum Gasteiger partial charge on any atom is -0.387 e. The van der Waals surface area contributed by atoms with Crippen LogP contribution in [0.5, 0.6) is 0 Å². The molecule has 3 rings (SSSR count). The molecule has 15 nitrogen and oxygen atoms in total. The van der Waals surface area contributed by atoms with E-state index in [-0.39, 0.29) is 10.6 Å². The molecule has 1 amide bonds. The molecule has 0 aromatic heterocycles. The number of hydrogen-bond donors (Lipinski definition) is 5. The molecule has 0 aliphatic carbocycles. The number of rotatable bonds is 6. The predicted octanol–water partition coefficient (Wildman–Crippen LogP) is -1.94. The second kappa shape index (κ2) is 7.74. The highest BCUT2D eigenvalue weighted by molar-refractivity contribution is 9.18. The summed E-state index contributed by atoms with van der Waals surface area (Å²) in [6.45, 7) is -0.860. The minimum absolute atomic E-state index is 0.0607. The maximum absolute atomic E-state index is 11.8. The number of phosphoric acid groups is 2. The van der Waals surface area contributed by atoms with Crippen molar-refractivity contribution in [3.8, 4) is 0 Å². The first-order valence-corrected chi connectivity index (χ1v) is 11.1. The van der Waals surface area contributed by atoms with Crippen LogP contribution in [0, 0.1) is 0 Å². The number of carbonyl (C=O) groups excluding carboxylic acids is 1. The number of halogens is 1. The molecule has 3 heterocycles. The number of hydrogen-bond acceptors (Lipinski definition) is 11. The van der Waals surface area contributed by atoms with Gasteiger partial charge in [0.2, 0.25) is 0 Å². The van der Waals surface area contributed by atoms with Crippen molar-refractivity contribution in [2.24, 2.45) is 15.0 Å². The lowest BCUT2D eigenvalue weighted by Gasteiger charge is -2.28. The molecule has 28 heavy (non-hydrogen) atoms. The van der Waals surface area contributed by atoms with E-state index in [1.807, 2.05) is 0 Å². The third kappa shape index (κ3) is 4.47. The summed E-state index contributed by atoms with van der Waals surface area (Å²) in [5.41, 5.74) is 0. The Morgan fingerprint density at radius 1 is 1.25 bits per heavy atom. The summed E-state index contributed by atoms with van der Waals surface area (Å²) in [5, 5.41) is 20.4. The maximum Gasteiger partial charge on any atom is 0.481 e. The number of aliphatic imine (C=N–C) groups is 3. The Bertz CT molecular complexity index is 858. The molecular formula is C10H13BrN4O11P2. The van der Waals surface area contributed by atoms with E-state index in [9.17, 15) is 29.0 Å². The molecule has 0 saturated carbocycles. The van der Waals surface area contributed by atoms with E-state index in [1.54, 1.807) is 0 Å². The van der Waals surface area contributed by atoms with E-state index in [0.717, 1.165) is 6.34 Å². The van der Waals surface area contributed by atoms with Crippen molar-refractivity contribution >= 4 is 54.4 Å². The summed E-state index contributed by atoms with van der Waals surface area (Å²) >= 11 is 3.10. The van der Waals surface area contributed by atoms with E-state index in [4.69, 9.17) is 14.5 Å². The van der Waals surface area contributed by atoms with Crippen LogP contribution < -0.4 is 0 Å². The fourth-order valence-corrected chi connectivity index (χ4v) is 4.80. The fourth-order valence-electron chi connectivity index (χ4n) is 2.61. The predicted molar refractivity (Wildman–Crippen MR) is 92.5 cm³/mol. The van der Waals surface area contributed by atoms with Gasteiger partial charge in [0, 0.05) is 0 Å². The summed E-state index contributed by atoms with van der Waals surface area (Å²) in [7, 11) is -10.5. The summed E-state index contributed by atoms with van der Waals surface area (Å²) in [6.07, 6.45) is -4.94. The zero-order valence-electron chi connectivity index (χ0n) is 13.4. The molecule has 156 valence electrons. The van der Waals surface area contributed by atoms with Gasteiger partial charge in [0.1, 0.15) is 30.5 Å². The number of amides is 1. The quantitative estimate of drug-likeness (QED) is 0.196. The average Bonchev–Trinajstić information content (AvgIpc) is 3.02. The van der Waals surface area contributed by atoms with Crippen molar-refractivity contribution < 1.29 is 52.4 Å². The van der Waals surface area contributed by atoms with Crippen molar-refractivity contribution in [3.63, 3.8) is 0 Å². The topological polar surface area (TPSA) is 220 Å². The van der Waals surface area contributed by atoms with E-state index in [0.29, 0.717) is 0 Å².